The third-order valence-corrected chi connectivity index (χ3v) is 5.58. The van der Waals surface area contributed by atoms with Gasteiger partial charge in [-0.3, -0.25) is 10.1 Å². The number of benzene rings is 3. The van der Waals surface area contributed by atoms with Gasteiger partial charge in [-0.25, -0.2) is 13.2 Å². The molecule has 0 amide bonds. The Bertz CT molecular complexity index is 1330. The maximum Gasteiger partial charge on any atom is 0.321 e. The number of carboxylic acid groups (broad SMARTS) is 1. The van der Waals surface area contributed by atoms with Crippen LogP contribution >= 0.6 is 15.9 Å². The van der Waals surface area contributed by atoms with Crippen LogP contribution in [0.4, 0.5) is 13.2 Å². The highest BCUT2D eigenvalue weighted by atomic mass is 79.9. The van der Waals surface area contributed by atoms with Crippen LogP contribution in [-0.4, -0.2) is 27.3 Å². The van der Waals surface area contributed by atoms with Crippen molar-refractivity contribution in [2.45, 2.75) is 19.0 Å². The molecule has 10 heteroatoms. The Morgan fingerprint density at radius 1 is 1.03 bits per heavy atom. The summed E-state index contributed by atoms with van der Waals surface area (Å²) in [5.74, 6) is -2.59. The van der Waals surface area contributed by atoms with Crippen LogP contribution in [0.1, 0.15) is 11.1 Å². The van der Waals surface area contributed by atoms with Crippen LogP contribution in [0.3, 0.4) is 0 Å². The van der Waals surface area contributed by atoms with Gasteiger partial charge in [0.25, 0.3) is 5.89 Å². The first-order chi connectivity index (χ1) is 16.3. The maximum absolute atomic E-state index is 14.8. The van der Waals surface area contributed by atoms with Crippen LogP contribution in [0.25, 0.3) is 22.8 Å². The topological polar surface area (TPSA) is 88.2 Å². The highest BCUT2D eigenvalue weighted by molar-refractivity contribution is 9.10. The van der Waals surface area contributed by atoms with Gasteiger partial charge in [-0.05, 0) is 60.5 Å². The number of carboxylic acids is 1. The van der Waals surface area contributed by atoms with Crippen LogP contribution in [0.15, 0.2) is 69.7 Å². The number of rotatable bonds is 8. The lowest BCUT2D eigenvalue weighted by Gasteiger charge is -2.15. The molecule has 0 fully saturated rings. The van der Waals surface area contributed by atoms with E-state index in [2.05, 4.69) is 31.4 Å². The number of carbonyl (C=O) groups is 1. The molecule has 0 spiro atoms. The summed E-state index contributed by atoms with van der Waals surface area (Å²) >= 11 is 3.17. The smallest absolute Gasteiger partial charge is 0.321 e. The van der Waals surface area contributed by atoms with Crippen LogP contribution < -0.4 is 5.32 Å². The number of nitrogens with zero attached hydrogens (tertiary/aromatic N) is 2. The average Bonchev–Trinajstić information content (AvgIpc) is 3.28. The quantitative estimate of drug-likeness (QED) is 0.318. The Morgan fingerprint density at radius 3 is 2.47 bits per heavy atom. The Labute approximate surface area is 200 Å². The summed E-state index contributed by atoms with van der Waals surface area (Å²) in [5, 5.41) is 16.1. The van der Waals surface area contributed by atoms with Crippen molar-refractivity contribution in [3.8, 4) is 22.8 Å². The van der Waals surface area contributed by atoms with E-state index in [1.54, 1.807) is 18.2 Å². The molecule has 4 rings (SSSR count). The molecule has 1 unspecified atom stereocenters. The molecular weight excluding hydrogens is 515 g/mol. The Kier molecular flexibility index (Phi) is 7.09. The van der Waals surface area contributed by atoms with Crippen molar-refractivity contribution in [2.24, 2.45) is 0 Å². The van der Waals surface area contributed by atoms with E-state index in [1.165, 1.54) is 42.5 Å². The molecule has 0 saturated carbocycles. The van der Waals surface area contributed by atoms with Crippen molar-refractivity contribution in [2.75, 3.05) is 0 Å². The second-order valence-electron chi connectivity index (χ2n) is 7.46. The average molecular weight is 532 g/mol. The van der Waals surface area contributed by atoms with Crippen LogP contribution in [0.2, 0.25) is 0 Å². The molecule has 4 aromatic rings. The van der Waals surface area contributed by atoms with E-state index in [0.717, 1.165) is 0 Å². The van der Waals surface area contributed by atoms with E-state index in [1.807, 2.05) is 0 Å². The van der Waals surface area contributed by atoms with E-state index in [4.69, 9.17) is 4.52 Å². The highest BCUT2D eigenvalue weighted by Gasteiger charge is 2.20. The van der Waals surface area contributed by atoms with Crippen molar-refractivity contribution in [3.63, 3.8) is 0 Å². The van der Waals surface area contributed by atoms with Crippen molar-refractivity contribution < 1.29 is 27.6 Å². The summed E-state index contributed by atoms with van der Waals surface area (Å²) in [5.41, 5.74) is 1.28. The summed E-state index contributed by atoms with van der Waals surface area (Å²) in [4.78, 5) is 15.8. The molecule has 0 radical (unpaired) electrons. The van der Waals surface area contributed by atoms with Gasteiger partial charge in [0.1, 0.15) is 23.5 Å². The number of aliphatic carboxylic acids is 1. The molecule has 0 aliphatic heterocycles. The van der Waals surface area contributed by atoms with E-state index in [-0.39, 0.29) is 30.2 Å². The first-order valence-electron chi connectivity index (χ1n) is 10.1. The molecular formula is C24H17BrF3N3O3. The largest absolute Gasteiger partial charge is 0.480 e. The number of nitrogens with one attached hydrogen (secondary N) is 1. The van der Waals surface area contributed by atoms with E-state index in [9.17, 15) is 23.1 Å². The lowest BCUT2D eigenvalue weighted by atomic mass is 10.0. The summed E-state index contributed by atoms with van der Waals surface area (Å²) in [6.07, 6.45) is -0.0300. The molecule has 2 N–H and O–H groups in total. The molecule has 3 aromatic carbocycles. The number of aromatic nitrogens is 2. The van der Waals surface area contributed by atoms with Gasteiger partial charge in [-0.2, -0.15) is 4.98 Å². The lowest BCUT2D eigenvalue weighted by molar-refractivity contribution is -0.139. The Morgan fingerprint density at radius 2 is 1.79 bits per heavy atom. The van der Waals surface area contributed by atoms with Crippen LogP contribution in [-0.2, 0) is 17.8 Å². The monoisotopic (exact) mass is 531 g/mol. The van der Waals surface area contributed by atoms with Crippen molar-refractivity contribution in [3.05, 3.63) is 93.7 Å². The normalized spacial score (nSPS) is 12.0. The predicted molar refractivity (Wildman–Crippen MR) is 121 cm³/mol. The van der Waals surface area contributed by atoms with E-state index < -0.39 is 29.5 Å². The number of hydrogen-bond donors (Lipinski definition) is 2. The Hall–Kier alpha value is -3.50. The summed E-state index contributed by atoms with van der Waals surface area (Å²) in [6, 6.07) is 13.0. The molecule has 6 nitrogen and oxygen atoms in total. The SMILES string of the molecule is O=C(O)C(Cc1ccc(-c2noc(-c3ccc(F)cc3)n2)c(F)c1)NCc1ccc(Br)cc1F. The standard InChI is InChI=1S/C24H17BrF3N3O3/c25-16-5-2-15(19(27)11-16)12-29-21(24(32)33)10-13-1-8-18(20(28)9-13)22-30-23(34-31-22)14-3-6-17(26)7-4-14/h1-9,11,21,29H,10,12H2,(H,32,33). The minimum absolute atomic E-state index is 0.00185. The van der Waals surface area contributed by atoms with Gasteiger partial charge < -0.3 is 9.63 Å². The zero-order valence-corrected chi connectivity index (χ0v) is 19.0. The fourth-order valence-electron chi connectivity index (χ4n) is 3.29. The van der Waals surface area contributed by atoms with Crippen molar-refractivity contribution in [1.29, 1.82) is 0 Å². The summed E-state index contributed by atoms with van der Waals surface area (Å²) in [6.45, 7) is -0.00827. The van der Waals surface area contributed by atoms with Gasteiger partial charge in [-0.15, -0.1) is 0 Å². The second-order valence-corrected chi connectivity index (χ2v) is 8.37. The molecule has 0 bridgehead atoms. The molecule has 0 saturated heterocycles. The van der Waals surface area contributed by atoms with Gasteiger partial charge in [0.15, 0.2) is 0 Å². The van der Waals surface area contributed by atoms with Gasteiger partial charge >= 0.3 is 5.97 Å². The maximum atomic E-state index is 14.8. The third kappa shape index (κ3) is 5.52. The van der Waals surface area contributed by atoms with E-state index >= 15 is 0 Å². The fourth-order valence-corrected chi connectivity index (χ4v) is 3.62. The zero-order valence-electron chi connectivity index (χ0n) is 17.4. The van der Waals surface area contributed by atoms with E-state index in [0.29, 0.717) is 21.2 Å². The Balaban J connectivity index is 1.47. The lowest BCUT2D eigenvalue weighted by Crippen LogP contribution is -2.38. The molecule has 1 aromatic heterocycles. The fraction of sp³-hybridized carbons (Fsp3) is 0.125. The zero-order chi connectivity index (χ0) is 24.2. The van der Waals surface area contributed by atoms with Crippen LogP contribution in [0.5, 0.6) is 0 Å². The first kappa shape index (κ1) is 23.7. The molecule has 0 aliphatic rings. The second kappa shape index (κ2) is 10.2. The van der Waals surface area contributed by atoms with Crippen LogP contribution in [0, 0.1) is 17.5 Å². The van der Waals surface area contributed by atoms with Gasteiger partial charge in [0.2, 0.25) is 5.82 Å². The van der Waals surface area contributed by atoms with Gasteiger partial charge in [0.05, 0.1) is 5.56 Å². The molecule has 1 heterocycles. The minimum Gasteiger partial charge on any atom is -0.480 e. The molecule has 174 valence electrons. The highest BCUT2D eigenvalue weighted by Crippen LogP contribution is 2.25. The van der Waals surface area contributed by atoms with Crippen molar-refractivity contribution >= 4 is 21.9 Å². The number of hydrogen-bond acceptors (Lipinski definition) is 5. The summed E-state index contributed by atoms with van der Waals surface area (Å²) < 4.78 is 47.6. The van der Waals surface area contributed by atoms with Gasteiger partial charge in [0, 0.05) is 22.1 Å². The predicted octanol–water partition coefficient (Wildman–Crippen LogP) is 5.37. The van der Waals surface area contributed by atoms with Crippen molar-refractivity contribution in [1.82, 2.24) is 15.5 Å². The third-order valence-electron chi connectivity index (χ3n) is 5.08. The molecule has 0 aliphatic carbocycles. The molecule has 34 heavy (non-hydrogen) atoms. The molecule has 1 atom stereocenters. The first-order valence-corrected chi connectivity index (χ1v) is 10.9. The number of halogens is 4. The summed E-state index contributed by atoms with van der Waals surface area (Å²) in [7, 11) is 0. The minimum atomic E-state index is -1.15. The van der Waals surface area contributed by atoms with Gasteiger partial charge in [-0.1, -0.05) is 33.2 Å².